The van der Waals surface area contributed by atoms with Crippen LogP contribution in [0.25, 0.3) is 5.65 Å². The number of hydrogen-bond donors (Lipinski definition) is 0. The van der Waals surface area contributed by atoms with Gasteiger partial charge in [0.25, 0.3) is 0 Å². The highest BCUT2D eigenvalue weighted by Gasteiger charge is 2.50. The van der Waals surface area contributed by atoms with Gasteiger partial charge in [0.1, 0.15) is 6.33 Å². The Morgan fingerprint density at radius 3 is 2.71 bits per heavy atom. The lowest BCUT2D eigenvalue weighted by molar-refractivity contribution is 0.261. The van der Waals surface area contributed by atoms with Gasteiger partial charge in [0.05, 0.1) is 12.3 Å². The Balaban J connectivity index is 1.39. The van der Waals surface area contributed by atoms with Gasteiger partial charge in [-0.25, -0.2) is 17.9 Å². The summed E-state index contributed by atoms with van der Waals surface area (Å²) in [7, 11) is -3.24. The van der Waals surface area contributed by atoms with E-state index in [1.54, 1.807) is 15.1 Å². The highest BCUT2D eigenvalue weighted by Crippen LogP contribution is 2.46. The van der Waals surface area contributed by atoms with Crippen LogP contribution in [0, 0.1) is 11.8 Å². The van der Waals surface area contributed by atoms with Crippen LogP contribution in [-0.2, 0) is 16.6 Å². The normalized spacial score (nSPS) is 26.1. The topological polar surface area (TPSA) is 70.8 Å². The van der Waals surface area contributed by atoms with Crippen molar-refractivity contribution >= 4 is 15.7 Å². The molecular weight excluding hydrogens is 374 g/mol. The lowest BCUT2D eigenvalue weighted by Gasteiger charge is -2.28. The van der Waals surface area contributed by atoms with Crippen molar-refractivity contribution in [1.82, 2.24) is 23.8 Å². The monoisotopic (exact) mass is 397 g/mol. The standard InChI is InChI=1S/C20H23N5O2S/c1-28(26,27)25-12-17-11-23(10-15-7-8-24-19(9-15)21-14-22-24)13-18(17)20(25)16-5-3-2-4-6-16/h2-9,14,17-18,20H,10-13H2,1H3/t17-,18-,20+/m1/s1. The molecule has 0 radical (unpaired) electrons. The number of sulfonamides is 1. The highest BCUT2D eigenvalue weighted by molar-refractivity contribution is 7.88. The molecule has 0 aliphatic carbocycles. The van der Waals surface area contributed by atoms with Crippen molar-refractivity contribution in [3.8, 4) is 0 Å². The summed E-state index contributed by atoms with van der Waals surface area (Å²) in [6.45, 7) is 3.26. The molecule has 3 aromatic rings. The fourth-order valence-electron chi connectivity index (χ4n) is 4.85. The Kier molecular flexibility index (Phi) is 4.22. The molecule has 2 saturated heterocycles. The summed E-state index contributed by atoms with van der Waals surface area (Å²) < 4.78 is 28.3. The van der Waals surface area contributed by atoms with E-state index in [1.807, 2.05) is 36.5 Å². The van der Waals surface area contributed by atoms with Crippen molar-refractivity contribution in [2.75, 3.05) is 25.9 Å². The molecule has 3 atom stereocenters. The number of fused-ring (bicyclic) bond motifs is 2. The summed E-state index contributed by atoms with van der Waals surface area (Å²) in [5.41, 5.74) is 3.14. The molecule has 28 heavy (non-hydrogen) atoms. The third-order valence-corrected chi connectivity index (χ3v) is 7.24. The van der Waals surface area contributed by atoms with E-state index in [-0.39, 0.29) is 6.04 Å². The zero-order chi connectivity index (χ0) is 19.3. The molecule has 7 nitrogen and oxygen atoms in total. The molecule has 2 aliphatic rings. The molecule has 2 aliphatic heterocycles. The summed E-state index contributed by atoms with van der Waals surface area (Å²) in [6.07, 6.45) is 4.83. The minimum atomic E-state index is -3.24. The Morgan fingerprint density at radius 1 is 1.11 bits per heavy atom. The van der Waals surface area contributed by atoms with Crippen LogP contribution in [-0.4, -0.2) is 58.1 Å². The number of rotatable bonds is 4. The molecular formula is C20H23N5O2S. The van der Waals surface area contributed by atoms with E-state index in [4.69, 9.17) is 0 Å². The van der Waals surface area contributed by atoms with Crippen molar-refractivity contribution in [2.24, 2.45) is 11.8 Å². The first-order valence-corrected chi connectivity index (χ1v) is 11.4. The Hall–Kier alpha value is -2.29. The first kappa shape index (κ1) is 17.8. The number of likely N-dealkylation sites (tertiary alicyclic amines) is 1. The molecule has 0 saturated carbocycles. The Labute approximate surface area is 164 Å². The molecule has 0 amide bonds. The molecule has 0 spiro atoms. The molecule has 2 aromatic heterocycles. The number of pyridine rings is 1. The van der Waals surface area contributed by atoms with Crippen LogP contribution in [0.3, 0.4) is 0 Å². The fraction of sp³-hybridized carbons (Fsp3) is 0.400. The van der Waals surface area contributed by atoms with E-state index < -0.39 is 10.0 Å². The number of aromatic nitrogens is 3. The van der Waals surface area contributed by atoms with Gasteiger partial charge in [0.2, 0.25) is 10.0 Å². The largest absolute Gasteiger partial charge is 0.298 e. The zero-order valence-electron chi connectivity index (χ0n) is 15.7. The smallest absolute Gasteiger partial charge is 0.211 e. The van der Waals surface area contributed by atoms with E-state index >= 15 is 0 Å². The Morgan fingerprint density at radius 2 is 1.93 bits per heavy atom. The lowest BCUT2D eigenvalue weighted by Crippen LogP contribution is -2.34. The van der Waals surface area contributed by atoms with Gasteiger partial charge in [-0.3, -0.25) is 4.90 Å². The van der Waals surface area contributed by atoms with Crippen molar-refractivity contribution in [1.29, 1.82) is 0 Å². The molecule has 1 aromatic carbocycles. The summed E-state index contributed by atoms with van der Waals surface area (Å²) in [6, 6.07) is 14.1. The van der Waals surface area contributed by atoms with Gasteiger partial charge < -0.3 is 0 Å². The number of benzene rings is 1. The Bertz CT molecular complexity index is 1100. The van der Waals surface area contributed by atoms with Crippen LogP contribution in [0.15, 0.2) is 55.0 Å². The van der Waals surface area contributed by atoms with Gasteiger partial charge in [0, 0.05) is 32.4 Å². The summed E-state index contributed by atoms with van der Waals surface area (Å²) in [5, 5.41) is 4.14. The first-order chi connectivity index (χ1) is 13.5. The van der Waals surface area contributed by atoms with E-state index in [0.29, 0.717) is 18.4 Å². The molecule has 8 heteroatoms. The van der Waals surface area contributed by atoms with Crippen LogP contribution in [0.5, 0.6) is 0 Å². The molecule has 146 valence electrons. The van der Waals surface area contributed by atoms with Crippen molar-refractivity contribution in [3.05, 3.63) is 66.1 Å². The summed E-state index contributed by atoms with van der Waals surface area (Å²) in [4.78, 5) is 6.70. The third kappa shape index (κ3) is 3.11. The van der Waals surface area contributed by atoms with Gasteiger partial charge >= 0.3 is 0 Å². The van der Waals surface area contributed by atoms with Crippen LogP contribution >= 0.6 is 0 Å². The molecule has 5 rings (SSSR count). The van der Waals surface area contributed by atoms with Gasteiger partial charge in [-0.15, -0.1) is 0 Å². The molecule has 0 N–H and O–H groups in total. The van der Waals surface area contributed by atoms with Crippen LogP contribution in [0.1, 0.15) is 17.2 Å². The van der Waals surface area contributed by atoms with Crippen molar-refractivity contribution in [2.45, 2.75) is 12.6 Å². The first-order valence-electron chi connectivity index (χ1n) is 9.51. The second-order valence-corrected chi connectivity index (χ2v) is 9.84. The molecule has 4 heterocycles. The van der Waals surface area contributed by atoms with Crippen LogP contribution in [0.4, 0.5) is 0 Å². The minimum Gasteiger partial charge on any atom is -0.298 e. The predicted octanol–water partition coefficient (Wildman–Crippen LogP) is 1.79. The summed E-state index contributed by atoms with van der Waals surface area (Å²) >= 11 is 0. The second kappa shape index (κ2) is 6.65. The SMILES string of the molecule is CS(=O)(=O)N1C[C@H]2CN(Cc3ccn4ncnc4c3)C[C@H]2[C@@H]1c1ccccc1. The van der Waals surface area contributed by atoms with E-state index in [9.17, 15) is 8.42 Å². The van der Waals surface area contributed by atoms with E-state index in [2.05, 4.69) is 27.1 Å². The predicted molar refractivity (Wildman–Crippen MR) is 106 cm³/mol. The second-order valence-electron chi connectivity index (χ2n) is 7.90. The van der Waals surface area contributed by atoms with Crippen LogP contribution in [0.2, 0.25) is 0 Å². The lowest BCUT2D eigenvalue weighted by atomic mass is 9.90. The fourth-order valence-corrected chi connectivity index (χ4v) is 6.00. The highest BCUT2D eigenvalue weighted by atomic mass is 32.2. The molecule has 0 unspecified atom stereocenters. The third-order valence-electron chi connectivity index (χ3n) is 6.02. The average Bonchev–Trinajstić information content (AvgIpc) is 3.35. The minimum absolute atomic E-state index is 0.0785. The zero-order valence-corrected chi connectivity index (χ0v) is 16.5. The van der Waals surface area contributed by atoms with Crippen molar-refractivity contribution in [3.63, 3.8) is 0 Å². The average molecular weight is 398 g/mol. The number of hydrogen-bond acceptors (Lipinski definition) is 5. The van der Waals surface area contributed by atoms with Crippen molar-refractivity contribution < 1.29 is 8.42 Å². The van der Waals surface area contributed by atoms with Crippen LogP contribution < -0.4 is 0 Å². The molecule has 2 fully saturated rings. The maximum absolute atomic E-state index is 12.4. The van der Waals surface area contributed by atoms with E-state index in [1.165, 1.54) is 11.8 Å². The van der Waals surface area contributed by atoms with Gasteiger partial charge in [-0.1, -0.05) is 30.3 Å². The van der Waals surface area contributed by atoms with Gasteiger partial charge in [-0.05, 0) is 35.1 Å². The van der Waals surface area contributed by atoms with Gasteiger partial charge in [0.15, 0.2) is 5.65 Å². The quantitative estimate of drug-likeness (QED) is 0.671. The maximum Gasteiger partial charge on any atom is 0.211 e. The number of nitrogens with zero attached hydrogens (tertiary/aromatic N) is 5. The molecule has 0 bridgehead atoms. The summed E-state index contributed by atoms with van der Waals surface area (Å²) in [5.74, 6) is 0.672. The van der Waals surface area contributed by atoms with Gasteiger partial charge in [-0.2, -0.15) is 9.40 Å². The van der Waals surface area contributed by atoms with E-state index in [0.717, 1.165) is 30.8 Å². The maximum atomic E-state index is 12.4.